The number of aryl methyl sites for hydroxylation is 2. The minimum absolute atomic E-state index is 0.136. The summed E-state index contributed by atoms with van der Waals surface area (Å²) in [6.45, 7) is 6.35. The van der Waals surface area contributed by atoms with Crippen molar-refractivity contribution in [2.75, 3.05) is 11.9 Å². The Bertz CT molecular complexity index is 1130. The maximum Gasteiger partial charge on any atom is 0.252 e. The molecule has 0 spiro atoms. The van der Waals surface area contributed by atoms with E-state index in [4.69, 9.17) is 0 Å². The van der Waals surface area contributed by atoms with Gasteiger partial charge in [-0.05, 0) is 49.6 Å². The molecule has 3 aromatic rings. The number of hydrogen-bond donors (Lipinski definition) is 2. The number of carbonyl (C=O) groups is 2. The first-order valence-corrected chi connectivity index (χ1v) is 9.68. The lowest BCUT2D eigenvalue weighted by Crippen LogP contribution is -2.31. The van der Waals surface area contributed by atoms with Crippen molar-refractivity contribution >= 4 is 28.4 Å². The first-order chi connectivity index (χ1) is 13.9. The lowest BCUT2D eigenvalue weighted by Gasteiger charge is -2.14. The quantitative estimate of drug-likeness (QED) is 0.676. The summed E-state index contributed by atoms with van der Waals surface area (Å²) in [4.78, 5) is 37.8. The van der Waals surface area contributed by atoms with Gasteiger partial charge in [0.25, 0.3) is 11.5 Å². The van der Waals surface area contributed by atoms with Crippen LogP contribution in [0.15, 0.2) is 53.3 Å². The second-order valence-corrected chi connectivity index (χ2v) is 7.10. The smallest absolute Gasteiger partial charge is 0.252 e. The highest BCUT2D eigenvalue weighted by molar-refractivity contribution is 6.06. The number of para-hydroxylation sites is 1. The molecule has 0 bridgehead atoms. The summed E-state index contributed by atoms with van der Waals surface area (Å²) < 4.78 is 1.39. The Morgan fingerprint density at radius 3 is 2.48 bits per heavy atom. The Morgan fingerprint density at radius 1 is 1.00 bits per heavy atom. The zero-order valence-corrected chi connectivity index (χ0v) is 16.9. The second kappa shape index (κ2) is 8.73. The number of nitrogens with zero attached hydrogens (tertiary/aromatic N) is 1. The van der Waals surface area contributed by atoms with Crippen LogP contribution in [0.3, 0.4) is 0 Å². The van der Waals surface area contributed by atoms with Gasteiger partial charge in [0.2, 0.25) is 5.91 Å². The summed E-state index contributed by atoms with van der Waals surface area (Å²) >= 11 is 0. The fourth-order valence-corrected chi connectivity index (χ4v) is 3.18. The van der Waals surface area contributed by atoms with E-state index in [9.17, 15) is 14.4 Å². The monoisotopic (exact) mass is 391 g/mol. The molecule has 3 rings (SSSR count). The van der Waals surface area contributed by atoms with Gasteiger partial charge in [0.05, 0.1) is 11.1 Å². The number of hydrogen-bond acceptors (Lipinski definition) is 3. The molecule has 0 radical (unpaired) electrons. The van der Waals surface area contributed by atoms with Crippen LogP contribution in [0.5, 0.6) is 0 Å². The Morgan fingerprint density at radius 2 is 1.76 bits per heavy atom. The van der Waals surface area contributed by atoms with Gasteiger partial charge in [-0.2, -0.15) is 0 Å². The molecule has 0 fully saturated rings. The SMILES string of the molecule is CCCNC(=O)c1cc(=O)n(CC(=O)Nc2ccc(C)c(C)c2)c2ccccc12. The summed E-state index contributed by atoms with van der Waals surface area (Å²) in [5.74, 6) is -0.587. The highest BCUT2D eigenvalue weighted by atomic mass is 16.2. The number of anilines is 1. The molecule has 1 aromatic heterocycles. The second-order valence-electron chi connectivity index (χ2n) is 7.10. The van der Waals surface area contributed by atoms with Gasteiger partial charge in [0.15, 0.2) is 0 Å². The molecule has 2 aromatic carbocycles. The molecular formula is C23H25N3O3. The van der Waals surface area contributed by atoms with Crippen LogP contribution in [0, 0.1) is 13.8 Å². The molecule has 1 heterocycles. The Kier molecular flexibility index (Phi) is 6.12. The van der Waals surface area contributed by atoms with Crippen molar-refractivity contribution in [3.05, 3.63) is 75.6 Å². The minimum Gasteiger partial charge on any atom is -0.352 e. The number of rotatable bonds is 6. The Balaban J connectivity index is 1.92. The van der Waals surface area contributed by atoms with Crippen molar-refractivity contribution in [2.45, 2.75) is 33.7 Å². The van der Waals surface area contributed by atoms with Gasteiger partial charge in [0, 0.05) is 23.7 Å². The van der Waals surface area contributed by atoms with Crippen LogP contribution in [0.1, 0.15) is 34.8 Å². The molecule has 0 saturated carbocycles. The zero-order valence-electron chi connectivity index (χ0n) is 16.9. The largest absolute Gasteiger partial charge is 0.352 e. The first-order valence-electron chi connectivity index (χ1n) is 9.68. The number of fused-ring (bicyclic) bond motifs is 1. The van der Waals surface area contributed by atoms with E-state index >= 15 is 0 Å². The van der Waals surface area contributed by atoms with Gasteiger partial charge in [-0.3, -0.25) is 19.0 Å². The van der Waals surface area contributed by atoms with Gasteiger partial charge < -0.3 is 10.6 Å². The van der Waals surface area contributed by atoms with Crippen LogP contribution in [-0.4, -0.2) is 22.9 Å². The van der Waals surface area contributed by atoms with Crippen molar-refractivity contribution in [1.29, 1.82) is 0 Å². The van der Waals surface area contributed by atoms with E-state index < -0.39 is 0 Å². The van der Waals surface area contributed by atoms with E-state index in [0.717, 1.165) is 17.5 Å². The number of pyridine rings is 1. The number of aromatic nitrogens is 1. The molecule has 0 aliphatic heterocycles. The average Bonchev–Trinajstić information content (AvgIpc) is 2.70. The topological polar surface area (TPSA) is 80.2 Å². The standard InChI is InChI=1S/C23H25N3O3/c1-4-11-24-23(29)19-13-22(28)26(20-8-6-5-7-18(19)20)14-21(27)25-17-10-9-15(2)16(3)12-17/h5-10,12-13H,4,11,14H2,1-3H3,(H,24,29)(H,25,27). The molecule has 0 aliphatic rings. The zero-order chi connectivity index (χ0) is 21.0. The molecule has 29 heavy (non-hydrogen) atoms. The van der Waals surface area contributed by atoms with Crippen molar-refractivity contribution in [1.82, 2.24) is 9.88 Å². The van der Waals surface area contributed by atoms with Gasteiger partial charge in [-0.15, -0.1) is 0 Å². The minimum atomic E-state index is -0.388. The predicted molar refractivity (Wildman–Crippen MR) is 115 cm³/mol. The molecule has 0 saturated heterocycles. The third kappa shape index (κ3) is 4.54. The highest BCUT2D eigenvalue weighted by Gasteiger charge is 2.16. The van der Waals surface area contributed by atoms with Gasteiger partial charge in [0.1, 0.15) is 6.54 Å². The lowest BCUT2D eigenvalue weighted by atomic mass is 10.1. The molecule has 0 aliphatic carbocycles. The third-order valence-corrected chi connectivity index (χ3v) is 4.89. The van der Waals surface area contributed by atoms with E-state index in [2.05, 4.69) is 10.6 Å². The summed E-state index contributed by atoms with van der Waals surface area (Å²) in [7, 11) is 0. The van der Waals surface area contributed by atoms with Crippen LogP contribution < -0.4 is 16.2 Å². The normalized spacial score (nSPS) is 10.7. The van der Waals surface area contributed by atoms with Gasteiger partial charge in [-0.25, -0.2) is 0 Å². The van der Waals surface area contributed by atoms with Crippen molar-refractivity contribution in [3.8, 4) is 0 Å². The van der Waals surface area contributed by atoms with Crippen LogP contribution in [0.2, 0.25) is 0 Å². The maximum atomic E-state index is 12.7. The van der Waals surface area contributed by atoms with Crippen LogP contribution in [0.4, 0.5) is 5.69 Å². The molecule has 150 valence electrons. The Hall–Kier alpha value is -3.41. The summed E-state index contributed by atoms with van der Waals surface area (Å²) in [6.07, 6.45) is 0.805. The molecule has 0 unspecified atom stereocenters. The van der Waals surface area contributed by atoms with E-state index in [1.54, 1.807) is 18.2 Å². The van der Waals surface area contributed by atoms with Gasteiger partial charge in [-0.1, -0.05) is 31.2 Å². The number of carbonyl (C=O) groups excluding carboxylic acids is 2. The number of amides is 2. The third-order valence-electron chi connectivity index (χ3n) is 4.89. The van der Waals surface area contributed by atoms with Gasteiger partial charge >= 0.3 is 0 Å². The van der Waals surface area contributed by atoms with E-state index in [-0.39, 0.29) is 23.9 Å². The van der Waals surface area contributed by atoms with E-state index in [0.29, 0.717) is 28.7 Å². The highest BCUT2D eigenvalue weighted by Crippen LogP contribution is 2.18. The maximum absolute atomic E-state index is 12.7. The van der Waals surface area contributed by atoms with Crippen molar-refractivity contribution in [3.63, 3.8) is 0 Å². The average molecular weight is 391 g/mol. The van der Waals surface area contributed by atoms with Crippen LogP contribution in [-0.2, 0) is 11.3 Å². The van der Waals surface area contributed by atoms with Crippen molar-refractivity contribution in [2.24, 2.45) is 0 Å². The summed E-state index contributed by atoms with van der Waals surface area (Å²) in [5, 5.41) is 6.28. The van der Waals surface area contributed by atoms with Crippen molar-refractivity contribution < 1.29 is 9.59 Å². The fourth-order valence-electron chi connectivity index (χ4n) is 3.18. The van der Waals surface area contributed by atoms with E-state index in [1.807, 2.05) is 45.0 Å². The van der Waals surface area contributed by atoms with Crippen LogP contribution >= 0.6 is 0 Å². The predicted octanol–water partition coefficient (Wildman–Crippen LogP) is 3.40. The molecule has 6 heteroatoms. The number of nitrogens with one attached hydrogen (secondary N) is 2. The molecule has 0 atom stereocenters. The molecule has 2 amide bonds. The molecule has 6 nitrogen and oxygen atoms in total. The summed E-state index contributed by atoms with van der Waals surface area (Å²) in [6, 6.07) is 14.1. The summed E-state index contributed by atoms with van der Waals surface area (Å²) in [5.41, 5.74) is 3.39. The lowest BCUT2D eigenvalue weighted by molar-refractivity contribution is -0.116. The number of benzene rings is 2. The van der Waals surface area contributed by atoms with E-state index in [1.165, 1.54) is 10.6 Å². The molecule has 2 N–H and O–H groups in total. The first kappa shape index (κ1) is 20.3. The fraction of sp³-hybridized carbons (Fsp3) is 0.261. The Labute approximate surface area is 169 Å². The van der Waals surface area contributed by atoms with Crippen LogP contribution in [0.25, 0.3) is 10.9 Å². The molecular weight excluding hydrogens is 366 g/mol.